The number of carbonyl (C=O) groups excluding carboxylic acids is 1. The molecule has 1 fully saturated rings. The lowest BCUT2D eigenvalue weighted by Gasteiger charge is -2.34. The van der Waals surface area contributed by atoms with Crippen LogP contribution in [0, 0.1) is 0 Å². The van der Waals surface area contributed by atoms with E-state index in [0.29, 0.717) is 22.3 Å². The van der Waals surface area contributed by atoms with Gasteiger partial charge in [0.2, 0.25) is 0 Å². The minimum Gasteiger partial charge on any atom is -0.315 e. The van der Waals surface area contributed by atoms with E-state index in [2.05, 4.69) is 6.08 Å². The molecule has 0 saturated carbocycles. The van der Waals surface area contributed by atoms with Crippen LogP contribution in [0.1, 0.15) is 52.1 Å². The van der Waals surface area contributed by atoms with Gasteiger partial charge in [0.05, 0.1) is 11.2 Å². The molecule has 1 aromatic heterocycles. The molecule has 5 rings (SSSR count). The zero-order chi connectivity index (χ0) is 26.3. The van der Waals surface area contributed by atoms with Gasteiger partial charge in [0.1, 0.15) is 0 Å². The molecule has 0 unspecified atom stereocenters. The summed E-state index contributed by atoms with van der Waals surface area (Å²) in [6.07, 6.45) is 6.49. The summed E-state index contributed by atoms with van der Waals surface area (Å²) in [5.41, 5.74) is 0.502. The van der Waals surface area contributed by atoms with E-state index in [-0.39, 0.29) is 11.7 Å². The van der Waals surface area contributed by atoms with Crippen molar-refractivity contribution >= 4 is 34.9 Å². The molecule has 10 heteroatoms. The van der Waals surface area contributed by atoms with Crippen LogP contribution in [0.5, 0.6) is 0 Å². The van der Waals surface area contributed by atoms with Crippen LogP contribution in [-0.2, 0) is 0 Å². The van der Waals surface area contributed by atoms with Crippen molar-refractivity contribution in [3.8, 4) is 5.69 Å². The summed E-state index contributed by atoms with van der Waals surface area (Å²) in [6.45, 7) is 4.22. The molecule has 1 aliphatic carbocycles. The molecule has 2 amide bonds. The lowest BCUT2D eigenvalue weighted by atomic mass is 9.95. The fourth-order valence-electron chi connectivity index (χ4n) is 5.30. The van der Waals surface area contributed by atoms with Crippen LogP contribution in [0.15, 0.2) is 74.3 Å². The summed E-state index contributed by atoms with van der Waals surface area (Å²) in [5.74, 6) is -0.868. The lowest BCUT2D eigenvalue weighted by Crippen LogP contribution is -2.47. The second kappa shape index (κ2) is 9.91. The van der Waals surface area contributed by atoms with Crippen LogP contribution in [0.2, 0.25) is 10.0 Å². The van der Waals surface area contributed by atoms with E-state index in [1.807, 2.05) is 13.8 Å². The Labute approximate surface area is 224 Å². The molecule has 194 valence electrons. The second-order valence-corrected chi connectivity index (χ2v) is 10.8. The maximum Gasteiger partial charge on any atom is 0.447 e. The number of rotatable bonds is 6. The molecular weight excluding hydrogens is 515 g/mol. The number of aromatic nitrogens is 2. The molecule has 37 heavy (non-hydrogen) atoms. The summed E-state index contributed by atoms with van der Waals surface area (Å²) in [5, 5.41) is 0.814. The van der Waals surface area contributed by atoms with Gasteiger partial charge in [-0.3, -0.25) is 4.90 Å². The first-order valence-electron chi connectivity index (χ1n) is 12.3. The molecule has 1 atom stereocenters. The standard InChI is InChI=1S/C27H28Cl2N4O4/c1-27(2)23(33-25(35)32(26(36)37-33)22-13-7-11-20(29)17-22)31(21-12-6-10-19(28)16-21)24(34)30(27)15-14-18-8-4-3-5-9-18/h6-8,10-13,16-17,23H,3-5,9,14-15H2,1-2H3/t23-/m0/s1. The van der Waals surface area contributed by atoms with E-state index >= 15 is 0 Å². The second-order valence-electron chi connectivity index (χ2n) is 9.95. The third-order valence-corrected chi connectivity index (χ3v) is 7.63. The highest BCUT2D eigenvalue weighted by molar-refractivity contribution is 6.31. The predicted molar refractivity (Wildman–Crippen MR) is 144 cm³/mol. The van der Waals surface area contributed by atoms with Gasteiger partial charge in [0.15, 0.2) is 6.17 Å². The molecule has 2 aromatic carbocycles. The number of hydrogen-bond acceptors (Lipinski definition) is 4. The normalized spacial score (nSPS) is 19.4. The molecule has 2 aliphatic rings. The molecule has 1 aliphatic heterocycles. The monoisotopic (exact) mass is 542 g/mol. The Balaban J connectivity index is 1.61. The lowest BCUT2D eigenvalue weighted by molar-refractivity contribution is 0.0974. The summed E-state index contributed by atoms with van der Waals surface area (Å²) in [7, 11) is 0. The number of carbonyl (C=O) groups is 1. The van der Waals surface area contributed by atoms with Crippen LogP contribution in [0.25, 0.3) is 5.69 Å². The molecule has 0 bridgehead atoms. The maximum atomic E-state index is 13.9. The first-order valence-corrected chi connectivity index (χ1v) is 13.1. The predicted octanol–water partition coefficient (Wildman–Crippen LogP) is 6.01. The van der Waals surface area contributed by atoms with Crippen LogP contribution in [0.4, 0.5) is 10.5 Å². The number of urea groups is 1. The Morgan fingerprint density at radius 3 is 2.30 bits per heavy atom. The highest BCUT2D eigenvalue weighted by Crippen LogP contribution is 2.43. The Bertz CT molecular complexity index is 1490. The zero-order valence-electron chi connectivity index (χ0n) is 20.7. The highest BCUT2D eigenvalue weighted by atomic mass is 35.5. The van der Waals surface area contributed by atoms with E-state index in [4.69, 9.17) is 27.7 Å². The Hall–Kier alpha value is -3.23. The first-order chi connectivity index (χ1) is 17.7. The minimum absolute atomic E-state index is 0.280. The van der Waals surface area contributed by atoms with E-state index in [1.165, 1.54) is 23.0 Å². The molecule has 1 saturated heterocycles. The van der Waals surface area contributed by atoms with Crippen molar-refractivity contribution in [2.75, 3.05) is 11.4 Å². The number of allylic oxidation sites excluding steroid dienone is 1. The minimum atomic E-state index is -0.945. The van der Waals surface area contributed by atoms with Crippen molar-refractivity contribution in [1.29, 1.82) is 0 Å². The number of amides is 2. The van der Waals surface area contributed by atoms with Crippen molar-refractivity contribution in [3.05, 3.63) is 91.3 Å². The van der Waals surface area contributed by atoms with E-state index in [1.54, 1.807) is 47.4 Å². The molecule has 0 radical (unpaired) electrons. The van der Waals surface area contributed by atoms with Gasteiger partial charge in [-0.2, -0.15) is 4.57 Å². The topological polar surface area (TPSA) is 80.7 Å². The van der Waals surface area contributed by atoms with Gasteiger partial charge in [-0.1, -0.05) is 47.0 Å². The van der Waals surface area contributed by atoms with Gasteiger partial charge in [-0.15, -0.1) is 4.74 Å². The molecule has 2 heterocycles. The van der Waals surface area contributed by atoms with E-state index in [0.717, 1.165) is 35.0 Å². The summed E-state index contributed by atoms with van der Waals surface area (Å²) < 4.78 is 7.44. The SMILES string of the molecule is CC1(C)[C@H](n2oc(=O)n(-c3cccc(Cl)c3)c2=O)N(c2cccc(Cl)c2)C(=O)N1CCC1=CCCCC1. The molecule has 3 aromatic rings. The van der Waals surface area contributed by atoms with Gasteiger partial charge in [-0.05, 0) is 82.3 Å². The van der Waals surface area contributed by atoms with Crippen molar-refractivity contribution in [1.82, 2.24) is 14.2 Å². The first kappa shape index (κ1) is 25.4. The van der Waals surface area contributed by atoms with Gasteiger partial charge in [0, 0.05) is 22.3 Å². The van der Waals surface area contributed by atoms with Crippen molar-refractivity contribution in [2.24, 2.45) is 0 Å². The number of hydrogen-bond donors (Lipinski definition) is 0. The summed E-state index contributed by atoms with van der Waals surface area (Å²) in [6, 6.07) is 13.0. The highest BCUT2D eigenvalue weighted by Gasteiger charge is 2.55. The Morgan fingerprint density at radius 1 is 0.973 bits per heavy atom. The van der Waals surface area contributed by atoms with Gasteiger partial charge < -0.3 is 9.42 Å². The van der Waals surface area contributed by atoms with E-state index in [9.17, 15) is 14.4 Å². The fraction of sp³-hybridized carbons (Fsp3) is 0.370. The zero-order valence-corrected chi connectivity index (χ0v) is 22.2. The summed E-state index contributed by atoms with van der Waals surface area (Å²) >= 11 is 12.4. The summed E-state index contributed by atoms with van der Waals surface area (Å²) in [4.78, 5) is 43.7. The third-order valence-electron chi connectivity index (χ3n) is 7.16. The van der Waals surface area contributed by atoms with Gasteiger partial charge in [0.25, 0.3) is 0 Å². The van der Waals surface area contributed by atoms with Gasteiger partial charge in [-0.25, -0.2) is 14.4 Å². The fourth-order valence-corrected chi connectivity index (χ4v) is 5.67. The van der Waals surface area contributed by atoms with Gasteiger partial charge >= 0.3 is 17.5 Å². The van der Waals surface area contributed by atoms with Crippen LogP contribution >= 0.6 is 23.2 Å². The number of benzene rings is 2. The number of nitrogens with zero attached hydrogens (tertiary/aromatic N) is 4. The maximum absolute atomic E-state index is 13.9. The number of anilines is 1. The van der Waals surface area contributed by atoms with Crippen LogP contribution < -0.4 is 16.3 Å². The van der Waals surface area contributed by atoms with Crippen LogP contribution in [-0.4, -0.2) is 32.3 Å². The Morgan fingerprint density at radius 2 is 1.65 bits per heavy atom. The van der Waals surface area contributed by atoms with Crippen molar-refractivity contribution < 1.29 is 9.32 Å². The largest absolute Gasteiger partial charge is 0.447 e. The van der Waals surface area contributed by atoms with Crippen LogP contribution in [0.3, 0.4) is 0 Å². The molecule has 8 nitrogen and oxygen atoms in total. The average molecular weight is 543 g/mol. The third kappa shape index (κ3) is 4.64. The van der Waals surface area contributed by atoms with Crippen molar-refractivity contribution in [2.45, 2.75) is 57.7 Å². The molecule has 0 spiro atoms. The number of halogens is 2. The quantitative estimate of drug-likeness (QED) is 0.357. The molecule has 0 N–H and O–H groups in total. The van der Waals surface area contributed by atoms with Crippen molar-refractivity contribution in [3.63, 3.8) is 0 Å². The smallest absolute Gasteiger partial charge is 0.315 e. The average Bonchev–Trinajstić information content (AvgIpc) is 3.25. The Kier molecular flexibility index (Phi) is 6.81. The van der Waals surface area contributed by atoms with E-state index < -0.39 is 23.2 Å². The molecular formula is C27H28Cl2N4O4.